The summed E-state index contributed by atoms with van der Waals surface area (Å²) < 4.78 is 5.29. The lowest BCUT2D eigenvalue weighted by molar-refractivity contribution is -0.135. The summed E-state index contributed by atoms with van der Waals surface area (Å²) in [6, 6.07) is 7.41. The van der Waals surface area contributed by atoms with Crippen molar-refractivity contribution >= 4 is 0 Å². The molecule has 3 heteroatoms. The Morgan fingerprint density at radius 3 is 2.81 bits per heavy atom. The first-order valence-corrected chi connectivity index (χ1v) is 8.18. The van der Waals surface area contributed by atoms with Gasteiger partial charge in [0, 0.05) is 12.6 Å². The van der Waals surface area contributed by atoms with Crippen molar-refractivity contribution in [3.63, 3.8) is 0 Å². The molecule has 0 amide bonds. The molecule has 0 bridgehead atoms. The Balaban J connectivity index is 1.74. The van der Waals surface area contributed by atoms with Gasteiger partial charge < -0.3 is 15.2 Å². The topological polar surface area (TPSA) is 41.5 Å². The van der Waals surface area contributed by atoms with Gasteiger partial charge in [-0.25, -0.2) is 0 Å². The minimum atomic E-state index is -0.0483. The average Bonchev–Trinajstić information content (AvgIpc) is 2.46. The van der Waals surface area contributed by atoms with E-state index in [-0.39, 0.29) is 12.0 Å². The molecule has 0 aromatic heterocycles. The fourth-order valence-corrected chi connectivity index (χ4v) is 3.37. The maximum atomic E-state index is 9.56. The minimum Gasteiger partial charge on any atom is -0.396 e. The Kier molecular flexibility index (Phi) is 4.34. The second kappa shape index (κ2) is 6.07. The highest BCUT2D eigenvalue weighted by Gasteiger charge is 2.38. The zero-order valence-electron chi connectivity index (χ0n) is 13.2. The SMILES string of the molecule is CC(C)c1ccc2c(c1)C(NCC1(CO)COC1)CCC2. The van der Waals surface area contributed by atoms with Gasteiger partial charge in [-0.2, -0.15) is 0 Å². The van der Waals surface area contributed by atoms with Crippen molar-refractivity contribution in [2.24, 2.45) is 5.41 Å². The molecule has 1 aliphatic carbocycles. The standard InChI is InChI=1S/C18H27NO2/c1-13(2)15-7-6-14-4-3-5-17(16(14)8-15)19-9-18(10-20)11-21-12-18/h6-8,13,17,19-20H,3-5,9-12H2,1-2H3. The van der Waals surface area contributed by atoms with Crippen molar-refractivity contribution in [3.05, 3.63) is 34.9 Å². The summed E-state index contributed by atoms with van der Waals surface area (Å²) in [6.07, 6.45) is 3.63. The molecule has 1 aliphatic heterocycles. The van der Waals surface area contributed by atoms with Gasteiger partial charge in [-0.15, -0.1) is 0 Å². The van der Waals surface area contributed by atoms with Gasteiger partial charge in [0.05, 0.1) is 25.2 Å². The van der Waals surface area contributed by atoms with Crippen LogP contribution in [0.3, 0.4) is 0 Å². The average molecular weight is 289 g/mol. The number of hydrogen-bond acceptors (Lipinski definition) is 3. The van der Waals surface area contributed by atoms with Crippen LogP contribution in [0.4, 0.5) is 0 Å². The van der Waals surface area contributed by atoms with Crippen molar-refractivity contribution in [3.8, 4) is 0 Å². The Labute approximate surface area is 127 Å². The quantitative estimate of drug-likeness (QED) is 0.876. The van der Waals surface area contributed by atoms with Gasteiger partial charge in [-0.3, -0.25) is 0 Å². The molecule has 1 heterocycles. The van der Waals surface area contributed by atoms with Gasteiger partial charge in [0.15, 0.2) is 0 Å². The molecule has 0 spiro atoms. The fraction of sp³-hybridized carbons (Fsp3) is 0.667. The zero-order valence-corrected chi connectivity index (χ0v) is 13.2. The summed E-state index contributed by atoms with van der Waals surface area (Å²) in [5.41, 5.74) is 4.34. The Bertz CT molecular complexity index is 488. The predicted molar refractivity (Wildman–Crippen MR) is 84.6 cm³/mol. The smallest absolute Gasteiger partial charge is 0.0579 e. The van der Waals surface area contributed by atoms with Gasteiger partial charge in [0.25, 0.3) is 0 Å². The summed E-state index contributed by atoms with van der Waals surface area (Å²) in [4.78, 5) is 0. The van der Waals surface area contributed by atoms with Crippen LogP contribution in [0.1, 0.15) is 55.3 Å². The van der Waals surface area contributed by atoms with Crippen LogP contribution in [0.5, 0.6) is 0 Å². The molecule has 1 aromatic rings. The van der Waals surface area contributed by atoms with Crippen LogP contribution in [-0.2, 0) is 11.2 Å². The van der Waals surface area contributed by atoms with Gasteiger partial charge >= 0.3 is 0 Å². The van der Waals surface area contributed by atoms with Gasteiger partial charge in [0.1, 0.15) is 0 Å². The van der Waals surface area contributed by atoms with E-state index in [9.17, 15) is 5.11 Å². The first-order valence-electron chi connectivity index (χ1n) is 8.18. The largest absolute Gasteiger partial charge is 0.396 e. The maximum Gasteiger partial charge on any atom is 0.0579 e. The molecule has 1 aromatic carbocycles. The van der Waals surface area contributed by atoms with Gasteiger partial charge in [0.2, 0.25) is 0 Å². The first kappa shape index (κ1) is 15.0. The van der Waals surface area contributed by atoms with E-state index >= 15 is 0 Å². The number of aliphatic hydroxyl groups excluding tert-OH is 1. The number of hydrogen-bond donors (Lipinski definition) is 2. The molecule has 2 aliphatic rings. The molecule has 1 unspecified atom stereocenters. The van der Waals surface area contributed by atoms with E-state index < -0.39 is 0 Å². The van der Waals surface area contributed by atoms with E-state index in [4.69, 9.17) is 4.74 Å². The second-order valence-corrected chi connectivity index (χ2v) is 7.09. The number of benzene rings is 1. The third-order valence-electron chi connectivity index (χ3n) is 5.03. The third kappa shape index (κ3) is 3.01. The van der Waals surface area contributed by atoms with Crippen LogP contribution in [0, 0.1) is 5.41 Å². The molecule has 3 rings (SSSR count). The van der Waals surface area contributed by atoms with E-state index in [2.05, 4.69) is 37.4 Å². The van der Waals surface area contributed by atoms with E-state index in [1.807, 2.05) is 0 Å². The Hall–Kier alpha value is -0.900. The molecule has 1 fully saturated rings. The van der Waals surface area contributed by atoms with E-state index in [1.165, 1.54) is 36.0 Å². The van der Waals surface area contributed by atoms with Crippen LogP contribution in [0.15, 0.2) is 18.2 Å². The molecule has 116 valence electrons. The lowest BCUT2D eigenvalue weighted by Crippen LogP contribution is -2.52. The number of nitrogens with one attached hydrogen (secondary N) is 1. The van der Waals surface area contributed by atoms with Crippen LogP contribution < -0.4 is 5.32 Å². The molecule has 0 saturated carbocycles. The monoisotopic (exact) mass is 289 g/mol. The summed E-state index contributed by atoms with van der Waals surface area (Å²) in [7, 11) is 0. The number of fused-ring (bicyclic) bond motifs is 1. The van der Waals surface area contributed by atoms with Gasteiger partial charge in [-0.05, 0) is 41.9 Å². The normalized spacial score (nSPS) is 23.7. The highest BCUT2D eigenvalue weighted by Crippen LogP contribution is 2.34. The lowest BCUT2D eigenvalue weighted by Gasteiger charge is -2.41. The van der Waals surface area contributed by atoms with Crippen LogP contribution in [0.25, 0.3) is 0 Å². The molecule has 2 N–H and O–H groups in total. The minimum absolute atomic E-state index is 0.0483. The van der Waals surface area contributed by atoms with E-state index in [1.54, 1.807) is 0 Å². The van der Waals surface area contributed by atoms with Crippen molar-refractivity contribution in [1.29, 1.82) is 0 Å². The number of aliphatic hydroxyl groups is 1. The maximum absolute atomic E-state index is 9.56. The molecule has 0 radical (unpaired) electrons. The predicted octanol–water partition coefficient (Wildman–Crippen LogP) is 2.79. The summed E-state index contributed by atoms with van der Waals surface area (Å²) in [5, 5.41) is 13.3. The summed E-state index contributed by atoms with van der Waals surface area (Å²) in [6.45, 7) is 6.92. The van der Waals surface area contributed by atoms with E-state index in [0.29, 0.717) is 25.2 Å². The second-order valence-electron chi connectivity index (χ2n) is 7.09. The van der Waals surface area contributed by atoms with E-state index in [0.717, 1.165) is 6.54 Å². The van der Waals surface area contributed by atoms with Crippen LogP contribution in [0.2, 0.25) is 0 Å². The van der Waals surface area contributed by atoms with Crippen molar-refractivity contribution in [2.75, 3.05) is 26.4 Å². The van der Waals surface area contributed by atoms with Crippen molar-refractivity contribution in [1.82, 2.24) is 5.32 Å². The summed E-state index contributed by atoms with van der Waals surface area (Å²) in [5.74, 6) is 0.571. The number of aryl methyl sites for hydroxylation is 1. The van der Waals surface area contributed by atoms with Crippen molar-refractivity contribution in [2.45, 2.75) is 45.1 Å². The highest BCUT2D eigenvalue weighted by molar-refractivity contribution is 5.37. The molecular formula is C18H27NO2. The zero-order chi connectivity index (χ0) is 14.9. The Morgan fingerprint density at radius 1 is 1.38 bits per heavy atom. The van der Waals surface area contributed by atoms with Gasteiger partial charge in [-0.1, -0.05) is 32.0 Å². The fourth-order valence-electron chi connectivity index (χ4n) is 3.37. The van der Waals surface area contributed by atoms with Crippen molar-refractivity contribution < 1.29 is 9.84 Å². The highest BCUT2D eigenvalue weighted by atomic mass is 16.5. The van der Waals surface area contributed by atoms with Crippen LogP contribution >= 0.6 is 0 Å². The molecular weight excluding hydrogens is 262 g/mol. The lowest BCUT2D eigenvalue weighted by atomic mass is 9.83. The summed E-state index contributed by atoms with van der Waals surface area (Å²) >= 11 is 0. The number of rotatable bonds is 5. The molecule has 3 nitrogen and oxygen atoms in total. The number of ether oxygens (including phenoxy) is 1. The molecule has 1 saturated heterocycles. The first-order chi connectivity index (χ1) is 10.1. The molecule has 1 atom stereocenters. The third-order valence-corrected chi connectivity index (χ3v) is 5.03. The Morgan fingerprint density at radius 2 is 2.19 bits per heavy atom. The molecule has 21 heavy (non-hydrogen) atoms. The van der Waals surface area contributed by atoms with Crippen LogP contribution in [-0.4, -0.2) is 31.5 Å².